The molecule has 17 heavy (non-hydrogen) atoms. The fraction of sp³-hybridized carbons (Fsp3) is 0.636. The molecule has 1 fully saturated rings. The molecule has 1 aromatic rings. The third kappa shape index (κ3) is 2.37. The largest absolute Gasteiger partial charge is 0.365 e. The van der Waals surface area contributed by atoms with E-state index in [2.05, 4.69) is 25.9 Å². The Bertz CT molecular complexity index is 459. The van der Waals surface area contributed by atoms with Crippen LogP contribution in [-0.4, -0.2) is 28.9 Å². The SMILES string of the molecule is Cn1ncc(N2CCCCC2CN)c(Br)c1=O. The van der Waals surface area contributed by atoms with Crippen LogP contribution in [-0.2, 0) is 7.05 Å². The molecule has 0 radical (unpaired) electrons. The fourth-order valence-corrected chi connectivity index (χ4v) is 2.85. The molecule has 5 nitrogen and oxygen atoms in total. The second kappa shape index (κ2) is 5.18. The third-order valence-corrected chi connectivity index (χ3v) is 4.01. The number of nitrogens with two attached hydrogens (primary N) is 1. The predicted octanol–water partition coefficient (Wildman–Crippen LogP) is 0.860. The van der Waals surface area contributed by atoms with Crippen molar-refractivity contribution >= 4 is 21.6 Å². The zero-order valence-electron chi connectivity index (χ0n) is 9.90. The third-order valence-electron chi connectivity index (χ3n) is 3.27. The van der Waals surface area contributed by atoms with E-state index in [0.717, 1.165) is 25.1 Å². The Morgan fingerprint density at radius 1 is 1.59 bits per heavy atom. The van der Waals surface area contributed by atoms with Crippen molar-refractivity contribution in [1.29, 1.82) is 0 Å². The van der Waals surface area contributed by atoms with Crippen molar-refractivity contribution in [3.05, 3.63) is 21.0 Å². The van der Waals surface area contributed by atoms with Crippen LogP contribution in [0.3, 0.4) is 0 Å². The first-order chi connectivity index (χ1) is 8.15. The smallest absolute Gasteiger partial charge is 0.282 e. The summed E-state index contributed by atoms with van der Waals surface area (Å²) in [5.74, 6) is 0. The van der Waals surface area contributed by atoms with E-state index >= 15 is 0 Å². The molecular weight excluding hydrogens is 284 g/mol. The Morgan fingerprint density at radius 2 is 2.35 bits per heavy atom. The summed E-state index contributed by atoms with van der Waals surface area (Å²) in [6.07, 6.45) is 5.16. The van der Waals surface area contributed by atoms with Gasteiger partial charge in [-0.25, -0.2) is 4.68 Å². The van der Waals surface area contributed by atoms with E-state index in [1.807, 2.05) is 0 Å². The van der Waals surface area contributed by atoms with Crippen molar-refractivity contribution < 1.29 is 0 Å². The van der Waals surface area contributed by atoms with Gasteiger partial charge >= 0.3 is 0 Å². The van der Waals surface area contributed by atoms with Crippen LogP contribution in [0.15, 0.2) is 15.5 Å². The molecule has 0 aromatic carbocycles. The normalized spacial score (nSPS) is 20.6. The lowest BCUT2D eigenvalue weighted by Gasteiger charge is -2.37. The molecule has 6 heteroatoms. The quantitative estimate of drug-likeness (QED) is 0.880. The van der Waals surface area contributed by atoms with Gasteiger partial charge in [-0.2, -0.15) is 5.10 Å². The van der Waals surface area contributed by atoms with Gasteiger partial charge in [-0.15, -0.1) is 0 Å². The highest BCUT2D eigenvalue weighted by atomic mass is 79.9. The maximum Gasteiger partial charge on any atom is 0.282 e. The van der Waals surface area contributed by atoms with E-state index < -0.39 is 0 Å². The van der Waals surface area contributed by atoms with E-state index in [9.17, 15) is 4.79 Å². The molecule has 1 unspecified atom stereocenters. The minimum Gasteiger partial charge on any atom is -0.365 e. The highest BCUT2D eigenvalue weighted by molar-refractivity contribution is 9.10. The lowest BCUT2D eigenvalue weighted by atomic mass is 10.0. The van der Waals surface area contributed by atoms with Gasteiger partial charge in [-0.1, -0.05) is 0 Å². The van der Waals surface area contributed by atoms with Crippen LogP contribution in [0.2, 0.25) is 0 Å². The van der Waals surface area contributed by atoms with Gasteiger partial charge in [-0.05, 0) is 35.2 Å². The molecule has 1 atom stereocenters. The van der Waals surface area contributed by atoms with Crippen LogP contribution >= 0.6 is 15.9 Å². The summed E-state index contributed by atoms with van der Waals surface area (Å²) < 4.78 is 1.91. The topological polar surface area (TPSA) is 64.2 Å². The fourth-order valence-electron chi connectivity index (χ4n) is 2.27. The molecule has 0 bridgehead atoms. The number of nitrogens with zero attached hydrogens (tertiary/aromatic N) is 3. The Morgan fingerprint density at radius 3 is 3.06 bits per heavy atom. The number of anilines is 1. The molecule has 1 aliphatic rings. The summed E-state index contributed by atoms with van der Waals surface area (Å²) in [6, 6.07) is 0.314. The minimum atomic E-state index is -0.108. The van der Waals surface area contributed by atoms with E-state index in [-0.39, 0.29) is 5.56 Å². The molecule has 1 aromatic heterocycles. The van der Waals surface area contributed by atoms with Gasteiger partial charge in [0.15, 0.2) is 0 Å². The average molecular weight is 301 g/mol. The van der Waals surface area contributed by atoms with Crippen molar-refractivity contribution in [1.82, 2.24) is 9.78 Å². The Labute approximate surface area is 109 Å². The summed E-state index contributed by atoms with van der Waals surface area (Å²) in [7, 11) is 1.65. The summed E-state index contributed by atoms with van der Waals surface area (Å²) >= 11 is 3.37. The first-order valence-corrected chi connectivity index (χ1v) is 6.63. The lowest BCUT2D eigenvalue weighted by molar-refractivity contribution is 0.463. The second-order valence-electron chi connectivity index (χ2n) is 4.35. The van der Waals surface area contributed by atoms with Crippen molar-refractivity contribution in [3.8, 4) is 0 Å². The van der Waals surface area contributed by atoms with E-state index in [1.165, 1.54) is 11.1 Å². The van der Waals surface area contributed by atoms with Crippen molar-refractivity contribution in [2.45, 2.75) is 25.3 Å². The number of hydrogen-bond donors (Lipinski definition) is 1. The molecule has 2 heterocycles. The molecule has 0 amide bonds. The zero-order chi connectivity index (χ0) is 12.4. The van der Waals surface area contributed by atoms with Crippen LogP contribution in [0, 0.1) is 0 Å². The van der Waals surface area contributed by atoms with Crippen molar-refractivity contribution in [3.63, 3.8) is 0 Å². The molecule has 1 aliphatic heterocycles. The molecule has 0 aliphatic carbocycles. The summed E-state index contributed by atoms with van der Waals surface area (Å²) in [5, 5.41) is 4.08. The number of rotatable bonds is 2. The van der Waals surface area contributed by atoms with Gasteiger partial charge in [-0.3, -0.25) is 4.79 Å². The maximum absolute atomic E-state index is 11.8. The predicted molar refractivity (Wildman–Crippen MR) is 71.2 cm³/mol. The number of aromatic nitrogens is 2. The summed E-state index contributed by atoms with van der Waals surface area (Å²) in [4.78, 5) is 14.0. The summed E-state index contributed by atoms with van der Waals surface area (Å²) in [5.41, 5.74) is 6.54. The number of aryl methyl sites for hydroxylation is 1. The van der Waals surface area contributed by atoms with Gasteiger partial charge in [0.2, 0.25) is 0 Å². The average Bonchev–Trinajstić information content (AvgIpc) is 2.36. The summed E-state index contributed by atoms with van der Waals surface area (Å²) in [6.45, 7) is 1.55. The lowest BCUT2D eigenvalue weighted by Crippen LogP contribution is -2.45. The monoisotopic (exact) mass is 300 g/mol. The van der Waals surface area contributed by atoms with Gasteiger partial charge in [0.1, 0.15) is 4.47 Å². The van der Waals surface area contributed by atoms with Crippen LogP contribution in [0.1, 0.15) is 19.3 Å². The number of hydrogen-bond acceptors (Lipinski definition) is 4. The molecular formula is C11H17BrN4O. The van der Waals surface area contributed by atoms with Gasteiger partial charge in [0.25, 0.3) is 5.56 Å². The van der Waals surface area contributed by atoms with Crippen LogP contribution in [0.5, 0.6) is 0 Å². The van der Waals surface area contributed by atoms with E-state index in [0.29, 0.717) is 17.1 Å². The first-order valence-electron chi connectivity index (χ1n) is 5.83. The molecule has 2 rings (SSSR count). The maximum atomic E-state index is 11.8. The Kier molecular flexibility index (Phi) is 3.83. The standard InChI is InChI=1S/C11H17BrN4O/c1-15-11(17)10(12)9(7-14-15)16-5-3-2-4-8(16)6-13/h7-8H,2-6,13H2,1H3. The van der Waals surface area contributed by atoms with Gasteiger partial charge < -0.3 is 10.6 Å². The van der Waals surface area contributed by atoms with Crippen molar-refractivity contribution in [2.75, 3.05) is 18.0 Å². The molecule has 0 saturated carbocycles. The molecule has 0 spiro atoms. The first kappa shape index (κ1) is 12.6. The molecule has 2 N–H and O–H groups in total. The number of piperidine rings is 1. The highest BCUT2D eigenvalue weighted by Gasteiger charge is 2.24. The van der Waals surface area contributed by atoms with Crippen LogP contribution in [0.25, 0.3) is 0 Å². The van der Waals surface area contributed by atoms with Crippen LogP contribution in [0.4, 0.5) is 5.69 Å². The molecule has 94 valence electrons. The zero-order valence-corrected chi connectivity index (χ0v) is 11.5. The van der Waals surface area contributed by atoms with Crippen molar-refractivity contribution in [2.24, 2.45) is 12.8 Å². The number of halogens is 1. The van der Waals surface area contributed by atoms with E-state index in [4.69, 9.17) is 5.73 Å². The minimum absolute atomic E-state index is 0.108. The van der Waals surface area contributed by atoms with E-state index in [1.54, 1.807) is 13.2 Å². The molecule has 1 saturated heterocycles. The Hall–Kier alpha value is -0.880. The van der Waals surface area contributed by atoms with Gasteiger partial charge in [0.05, 0.1) is 11.9 Å². The highest BCUT2D eigenvalue weighted by Crippen LogP contribution is 2.28. The second-order valence-corrected chi connectivity index (χ2v) is 5.14. The Balaban J connectivity index is 2.38. The van der Waals surface area contributed by atoms with Crippen LogP contribution < -0.4 is 16.2 Å². The van der Waals surface area contributed by atoms with Gasteiger partial charge in [0, 0.05) is 26.2 Å².